The fraction of sp³-hybridized carbons (Fsp3) is 0.455. The molecule has 15 heavy (non-hydrogen) atoms. The van der Waals surface area contributed by atoms with Gasteiger partial charge in [-0.05, 0) is 26.8 Å². The first kappa shape index (κ1) is 11.3. The Bertz CT molecular complexity index is 400. The average Bonchev–Trinajstić information content (AvgIpc) is 2.53. The fourth-order valence-corrected chi connectivity index (χ4v) is 1.44. The largest absolute Gasteiger partial charge is 0.343 e. The number of aryl methyl sites for hydroxylation is 2. The van der Waals surface area contributed by atoms with E-state index in [1.807, 2.05) is 19.9 Å². The van der Waals surface area contributed by atoms with Gasteiger partial charge < -0.3 is 5.32 Å². The van der Waals surface area contributed by atoms with E-state index in [0.29, 0.717) is 0 Å². The molecule has 0 fully saturated rings. The Morgan fingerprint density at radius 3 is 2.87 bits per heavy atom. The number of nitrogens with one attached hydrogen (secondary N) is 1. The zero-order chi connectivity index (χ0) is 11.4. The minimum atomic E-state index is -0.327. The molecule has 0 radical (unpaired) electrons. The zero-order valence-electron chi connectivity index (χ0n) is 9.24. The van der Waals surface area contributed by atoms with Crippen molar-refractivity contribution in [2.24, 2.45) is 0 Å². The van der Waals surface area contributed by atoms with E-state index in [0.717, 1.165) is 11.4 Å². The quantitative estimate of drug-likeness (QED) is 0.742. The van der Waals surface area contributed by atoms with Crippen molar-refractivity contribution in [2.45, 2.75) is 26.8 Å². The molecule has 0 aliphatic carbocycles. The molecule has 1 N–H and O–H groups in total. The Balaban J connectivity index is 2.76. The molecule has 0 aliphatic rings. The van der Waals surface area contributed by atoms with Crippen LogP contribution in [0, 0.1) is 26.2 Å². The lowest BCUT2D eigenvalue weighted by atomic mass is 10.3. The van der Waals surface area contributed by atoms with E-state index in [1.54, 1.807) is 11.6 Å². The van der Waals surface area contributed by atoms with Crippen LogP contribution >= 0.6 is 0 Å². The number of carbonyl (C=O) groups is 1. The van der Waals surface area contributed by atoms with E-state index in [-0.39, 0.29) is 18.5 Å². The summed E-state index contributed by atoms with van der Waals surface area (Å²) >= 11 is 0. The second kappa shape index (κ2) is 4.65. The Labute approximate surface area is 89.7 Å². The lowest BCUT2D eigenvalue weighted by Gasteiger charge is -2.13. The molecule has 0 saturated heterocycles. The maximum absolute atomic E-state index is 11.6. The molecule has 1 unspecified atom stereocenters. The maximum Gasteiger partial charge on any atom is 0.245 e. The summed E-state index contributed by atoms with van der Waals surface area (Å²) < 4.78 is 1.70. The second-order valence-corrected chi connectivity index (χ2v) is 3.47. The number of terminal acetylenes is 1. The smallest absolute Gasteiger partial charge is 0.245 e. The standard InChI is InChI=1S/C11H15N3O/c1-5-6-12-11(15)10(4)14-9(3)7-8(2)13-14/h1,7,10H,6H2,2-4H3,(H,12,15). The topological polar surface area (TPSA) is 46.9 Å². The Kier molecular flexibility index (Phi) is 3.51. The van der Waals surface area contributed by atoms with Crippen LogP contribution in [-0.4, -0.2) is 22.2 Å². The number of aromatic nitrogens is 2. The van der Waals surface area contributed by atoms with Gasteiger partial charge in [-0.3, -0.25) is 9.48 Å². The number of hydrogen-bond acceptors (Lipinski definition) is 2. The fourth-order valence-electron chi connectivity index (χ4n) is 1.44. The minimum Gasteiger partial charge on any atom is -0.343 e. The summed E-state index contributed by atoms with van der Waals surface area (Å²) in [7, 11) is 0. The van der Waals surface area contributed by atoms with E-state index >= 15 is 0 Å². The first-order chi connectivity index (χ1) is 7.06. The van der Waals surface area contributed by atoms with Crippen LogP contribution in [0.2, 0.25) is 0 Å². The average molecular weight is 205 g/mol. The van der Waals surface area contributed by atoms with Crippen molar-refractivity contribution < 1.29 is 4.79 Å². The van der Waals surface area contributed by atoms with Crippen molar-refractivity contribution in [3.05, 3.63) is 17.5 Å². The van der Waals surface area contributed by atoms with Crippen LogP contribution in [0.25, 0.3) is 0 Å². The number of amides is 1. The molecule has 4 heteroatoms. The molecule has 4 nitrogen and oxygen atoms in total. The Morgan fingerprint density at radius 1 is 1.73 bits per heavy atom. The summed E-state index contributed by atoms with van der Waals surface area (Å²) in [5.41, 5.74) is 1.87. The summed E-state index contributed by atoms with van der Waals surface area (Å²) in [5, 5.41) is 6.87. The zero-order valence-corrected chi connectivity index (χ0v) is 9.24. The van der Waals surface area contributed by atoms with Crippen LogP contribution < -0.4 is 5.32 Å². The van der Waals surface area contributed by atoms with Crippen molar-refractivity contribution in [2.75, 3.05) is 6.54 Å². The van der Waals surface area contributed by atoms with Gasteiger partial charge in [0.2, 0.25) is 5.91 Å². The van der Waals surface area contributed by atoms with Gasteiger partial charge in [0.15, 0.2) is 0 Å². The monoisotopic (exact) mass is 205 g/mol. The van der Waals surface area contributed by atoms with Gasteiger partial charge in [-0.1, -0.05) is 5.92 Å². The van der Waals surface area contributed by atoms with Gasteiger partial charge in [-0.25, -0.2) is 0 Å². The van der Waals surface area contributed by atoms with E-state index < -0.39 is 0 Å². The highest BCUT2D eigenvalue weighted by molar-refractivity contribution is 5.80. The van der Waals surface area contributed by atoms with Crippen LogP contribution in [0.1, 0.15) is 24.4 Å². The van der Waals surface area contributed by atoms with Crippen LogP contribution in [-0.2, 0) is 4.79 Å². The van der Waals surface area contributed by atoms with Crippen molar-refractivity contribution in [3.8, 4) is 12.3 Å². The highest BCUT2D eigenvalue weighted by Crippen LogP contribution is 2.10. The van der Waals surface area contributed by atoms with Crippen LogP contribution in [0.3, 0.4) is 0 Å². The first-order valence-corrected chi connectivity index (χ1v) is 4.80. The molecule has 1 aromatic heterocycles. The molecule has 1 heterocycles. The summed E-state index contributed by atoms with van der Waals surface area (Å²) in [6.45, 7) is 5.87. The highest BCUT2D eigenvalue weighted by Gasteiger charge is 2.16. The third-order valence-electron chi connectivity index (χ3n) is 2.16. The number of nitrogens with zero attached hydrogens (tertiary/aromatic N) is 2. The van der Waals surface area contributed by atoms with Crippen LogP contribution in [0.4, 0.5) is 0 Å². The second-order valence-electron chi connectivity index (χ2n) is 3.47. The predicted octanol–water partition coefficient (Wildman–Crippen LogP) is 0.810. The summed E-state index contributed by atoms with van der Waals surface area (Å²) in [5.74, 6) is 2.25. The third kappa shape index (κ3) is 2.59. The Hall–Kier alpha value is -1.76. The van der Waals surface area contributed by atoms with E-state index in [1.165, 1.54) is 0 Å². The van der Waals surface area contributed by atoms with Crippen LogP contribution in [0.15, 0.2) is 6.07 Å². The predicted molar refractivity (Wildman–Crippen MR) is 58.3 cm³/mol. The maximum atomic E-state index is 11.6. The molecule has 1 amide bonds. The lowest BCUT2D eigenvalue weighted by Crippen LogP contribution is -2.32. The molecule has 0 bridgehead atoms. The van der Waals surface area contributed by atoms with Gasteiger partial charge in [0.1, 0.15) is 6.04 Å². The van der Waals surface area contributed by atoms with Crippen molar-refractivity contribution in [1.29, 1.82) is 0 Å². The number of hydrogen-bond donors (Lipinski definition) is 1. The molecule has 0 aliphatic heterocycles. The van der Waals surface area contributed by atoms with Gasteiger partial charge in [0.05, 0.1) is 12.2 Å². The number of carbonyl (C=O) groups excluding carboxylic acids is 1. The van der Waals surface area contributed by atoms with Crippen molar-refractivity contribution in [3.63, 3.8) is 0 Å². The normalized spacial score (nSPS) is 11.9. The molecule has 1 atom stereocenters. The molecular weight excluding hydrogens is 190 g/mol. The minimum absolute atomic E-state index is 0.112. The molecule has 1 aromatic rings. The SMILES string of the molecule is C#CCNC(=O)C(C)n1nc(C)cc1C. The molecule has 0 saturated carbocycles. The summed E-state index contributed by atoms with van der Waals surface area (Å²) in [4.78, 5) is 11.6. The van der Waals surface area contributed by atoms with Crippen LogP contribution in [0.5, 0.6) is 0 Å². The number of rotatable bonds is 3. The van der Waals surface area contributed by atoms with Gasteiger partial charge in [0, 0.05) is 5.69 Å². The van der Waals surface area contributed by atoms with E-state index in [4.69, 9.17) is 6.42 Å². The van der Waals surface area contributed by atoms with Gasteiger partial charge in [-0.2, -0.15) is 5.10 Å². The highest BCUT2D eigenvalue weighted by atomic mass is 16.2. The molecule has 0 aromatic carbocycles. The van der Waals surface area contributed by atoms with Gasteiger partial charge >= 0.3 is 0 Å². The summed E-state index contributed by atoms with van der Waals surface area (Å²) in [6, 6.07) is 1.61. The molecule has 1 rings (SSSR count). The molecular formula is C11H15N3O. The first-order valence-electron chi connectivity index (χ1n) is 4.80. The lowest BCUT2D eigenvalue weighted by molar-refractivity contribution is -0.123. The van der Waals surface area contributed by atoms with Gasteiger partial charge in [-0.15, -0.1) is 6.42 Å². The van der Waals surface area contributed by atoms with Crippen molar-refractivity contribution >= 4 is 5.91 Å². The Morgan fingerprint density at radius 2 is 2.40 bits per heavy atom. The van der Waals surface area contributed by atoms with E-state index in [2.05, 4.69) is 16.3 Å². The summed E-state index contributed by atoms with van der Waals surface area (Å²) in [6.07, 6.45) is 5.06. The van der Waals surface area contributed by atoms with E-state index in [9.17, 15) is 4.79 Å². The van der Waals surface area contributed by atoms with Gasteiger partial charge in [0.25, 0.3) is 0 Å². The molecule has 80 valence electrons. The molecule has 0 spiro atoms. The third-order valence-corrected chi connectivity index (χ3v) is 2.16. The van der Waals surface area contributed by atoms with Crippen molar-refractivity contribution in [1.82, 2.24) is 15.1 Å².